The summed E-state index contributed by atoms with van der Waals surface area (Å²) < 4.78 is 27.7. The van der Waals surface area contributed by atoms with Gasteiger partial charge in [-0.15, -0.1) is 0 Å². The lowest BCUT2D eigenvalue weighted by Crippen LogP contribution is -2.48. The van der Waals surface area contributed by atoms with Crippen LogP contribution in [0.3, 0.4) is 0 Å². The predicted octanol–water partition coefficient (Wildman–Crippen LogP) is 4.42. The van der Waals surface area contributed by atoms with Crippen LogP contribution >= 0.6 is 0 Å². The van der Waals surface area contributed by atoms with Crippen LogP contribution in [-0.2, 0) is 10.0 Å². The lowest BCUT2D eigenvalue weighted by atomic mass is 9.99. The standard InChI is InChI=1S/C28H32N6O2S/c1-2-32-16-18-33(19-17-32)37(35,36)26-10-8-24(9-11-26)31-28-21-22(12-14-30-28)23-13-15-34(27(29)20-23)25-6-4-3-5-7-25/h3-14,21,29H,2,15-20H2,1H3,(H,30,31). The summed E-state index contributed by atoms with van der Waals surface area (Å²) in [7, 11) is -3.50. The third kappa shape index (κ3) is 5.58. The first-order valence-electron chi connectivity index (χ1n) is 12.6. The van der Waals surface area contributed by atoms with Crippen LogP contribution in [0.15, 0.2) is 83.9 Å². The summed E-state index contributed by atoms with van der Waals surface area (Å²) in [6.07, 6.45) is 4.45. The van der Waals surface area contributed by atoms with Gasteiger partial charge in [0.25, 0.3) is 0 Å². The molecule has 1 fully saturated rings. The number of sulfonamides is 1. The van der Waals surface area contributed by atoms with Crippen molar-refractivity contribution in [1.29, 1.82) is 5.41 Å². The molecule has 0 aliphatic carbocycles. The van der Waals surface area contributed by atoms with Crippen molar-refractivity contribution in [2.45, 2.75) is 18.2 Å². The van der Waals surface area contributed by atoms with Gasteiger partial charge < -0.3 is 15.1 Å². The molecule has 3 heterocycles. The number of hydrogen-bond donors (Lipinski definition) is 2. The van der Waals surface area contributed by atoms with Crippen molar-refractivity contribution in [3.63, 3.8) is 0 Å². The number of likely N-dealkylation sites (N-methyl/N-ethyl adjacent to an activating group) is 1. The first-order chi connectivity index (χ1) is 17.9. The highest BCUT2D eigenvalue weighted by atomic mass is 32.2. The number of hydrogen-bond acceptors (Lipinski definition) is 6. The fraction of sp³-hybridized carbons (Fsp3) is 0.286. The summed E-state index contributed by atoms with van der Waals surface area (Å²) in [6, 6.07) is 20.8. The van der Waals surface area contributed by atoms with E-state index in [9.17, 15) is 8.42 Å². The Morgan fingerprint density at radius 1 is 0.973 bits per heavy atom. The summed E-state index contributed by atoms with van der Waals surface area (Å²) in [5.74, 6) is 1.23. The van der Waals surface area contributed by atoms with Gasteiger partial charge in [0.15, 0.2) is 0 Å². The summed E-state index contributed by atoms with van der Waals surface area (Å²) in [5.41, 5.74) is 3.89. The zero-order chi connectivity index (χ0) is 25.8. The minimum absolute atomic E-state index is 0.304. The molecule has 8 nitrogen and oxygen atoms in total. The van der Waals surface area contributed by atoms with E-state index in [-0.39, 0.29) is 0 Å². The van der Waals surface area contributed by atoms with Crippen LogP contribution in [0.1, 0.15) is 18.9 Å². The fourth-order valence-corrected chi connectivity index (χ4v) is 6.16. The van der Waals surface area contributed by atoms with E-state index in [0.717, 1.165) is 42.1 Å². The van der Waals surface area contributed by atoms with Crippen LogP contribution in [0, 0.1) is 5.41 Å². The van der Waals surface area contributed by atoms with Crippen LogP contribution in [0.5, 0.6) is 0 Å². The topological polar surface area (TPSA) is 92.6 Å². The Morgan fingerprint density at radius 3 is 2.38 bits per heavy atom. The van der Waals surface area contributed by atoms with Crippen molar-refractivity contribution >= 4 is 38.6 Å². The van der Waals surface area contributed by atoms with Gasteiger partial charge >= 0.3 is 0 Å². The number of benzene rings is 2. The number of aromatic nitrogens is 1. The lowest BCUT2D eigenvalue weighted by Gasteiger charge is -2.33. The van der Waals surface area contributed by atoms with Gasteiger partial charge in [-0.2, -0.15) is 4.31 Å². The SMILES string of the molecule is CCN1CCN(S(=O)(=O)c2ccc(Nc3cc(C4=CCN(c5ccccc5)C(=N)C4)ccn3)cc2)CC1. The molecule has 5 rings (SSSR count). The molecule has 2 aromatic carbocycles. The molecule has 192 valence electrons. The molecular weight excluding hydrogens is 484 g/mol. The fourth-order valence-electron chi connectivity index (χ4n) is 4.74. The number of para-hydroxylation sites is 1. The first kappa shape index (κ1) is 25.1. The number of anilines is 3. The van der Waals surface area contributed by atoms with Crippen LogP contribution in [0.4, 0.5) is 17.2 Å². The lowest BCUT2D eigenvalue weighted by molar-refractivity contribution is 0.196. The summed E-state index contributed by atoms with van der Waals surface area (Å²) in [6.45, 7) is 6.24. The molecule has 0 bridgehead atoms. The number of piperazine rings is 1. The van der Waals surface area contributed by atoms with Crippen molar-refractivity contribution in [3.8, 4) is 0 Å². The summed E-state index contributed by atoms with van der Waals surface area (Å²) in [5, 5.41) is 11.8. The van der Waals surface area contributed by atoms with Crippen molar-refractivity contribution < 1.29 is 8.42 Å². The van der Waals surface area contributed by atoms with E-state index in [1.807, 2.05) is 47.4 Å². The monoisotopic (exact) mass is 516 g/mol. The maximum absolute atomic E-state index is 13.1. The van der Waals surface area contributed by atoms with E-state index in [0.29, 0.717) is 42.6 Å². The van der Waals surface area contributed by atoms with E-state index < -0.39 is 10.0 Å². The zero-order valence-corrected chi connectivity index (χ0v) is 21.8. The minimum Gasteiger partial charge on any atom is -0.340 e. The van der Waals surface area contributed by atoms with Crippen molar-refractivity contribution in [2.75, 3.05) is 49.5 Å². The van der Waals surface area contributed by atoms with Gasteiger partial charge in [-0.05, 0) is 66.2 Å². The molecule has 0 saturated carbocycles. The van der Waals surface area contributed by atoms with E-state index >= 15 is 0 Å². The highest BCUT2D eigenvalue weighted by Crippen LogP contribution is 2.28. The average molecular weight is 517 g/mol. The number of nitrogens with zero attached hydrogens (tertiary/aromatic N) is 4. The molecule has 1 aromatic heterocycles. The van der Waals surface area contributed by atoms with E-state index in [1.165, 1.54) is 0 Å². The molecule has 37 heavy (non-hydrogen) atoms. The Kier molecular flexibility index (Phi) is 7.36. The average Bonchev–Trinajstić information content (AvgIpc) is 2.94. The summed E-state index contributed by atoms with van der Waals surface area (Å²) in [4.78, 5) is 9.00. The molecule has 1 saturated heterocycles. The van der Waals surface area contributed by atoms with Crippen LogP contribution in [0.2, 0.25) is 0 Å². The minimum atomic E-state index is -3.50. The molecule has 0 atom stereocenters. The quantitative estimate of drug-likeness (QED) is 0.483. The Hall–Kier alpha value is -3.53. The van der Waals surface area contributed by atoms with Gasteiger partial charge in [0.2, 0.25) is 10.0 Å². The number of amidine groups is 1. The summed E-state index contributed by atoms with van der Waals surface area (Å²) >= 11 is 0. The van der Waals surface area contributed by atoms with Crippen LogP contribution in [0.25, 0.3) is 5.57 Å². The Bertz CT molecular complexity index is 1380. The second kappa shape index (κ2) is 10.8. The third-order valence-electron chi connectivity index (χ3n) is 6.95. The molecule has 0 radical (unpaired) electrons. The maximum Gasteiger partial charge on any atom is 0.243 e. The van der Waals surface area contributed by atoms with Crippen LogP contribution in [-0.4, -0.2) is 67.7 Å². The number of nitrogens with one attached hydrogen (secondary N) is 2. The van der Waals surface area contributed by atoms with E-state index in [2.05, 4.69) is 28.2 Å². The largest absolute Gasteiger partial charge is 0.340 e. The van der Waals surface area contributed by atoms with Crippen LogP contribution < -0.4 is 10.2 Å². The highest BCUT2D eigenvalue weighted by Gasteiger charge is 2.28. The second-order valence-electron chi connectivity index (χ2n) is 9.22. The predicted molar refractivity (Wildman–Crippen MR) is 149 cm³/mol. The van der Waals surface area contributed by atoms with Crippen molar-refractivity contribution in [2.24, 2.45) is 0 Å². The zero-order valence-electron chi connectivity index (χ0n) is 21.0. The molecule has 0 unspecified atom stereocenters. The molecular formula is C28H32N6O2S. The number of pyridine rings is 1. The van der Waals surface area contributed by atoms with Gasteiger partial charge in [-0.25, -0.2) is 13.4 Å². The first-order valence-corrected chi connectivity index (χ1v) is 14.0. The Balaban J connectivity index is 1.26. The second-order valence-corrected chi connectivity index (χ2v) is 11.2. The Labute approximate surface area is 218 Å². The molecule has 2 N–H and O–H groups in total. The Morgan fingerprint density at radius 2 is 1.70 bits per heavy atom. The van der Waals surface area contributed by atoms with Crippen molar-refractivity contribution in [1.82, 2.24) is 14.2 Å². The van der Waals surface area contributed by atoms with Crippen molar-refractivity contribution in [3.05, 3.63) is 84.6 Å². The van der Waals surface area contributed by atoms with Gasteiger partial charge in [0, 0.05) is 56.7 Å². The van der Waals surface area contributed by atoms with E-state index in [1.54, 1.807) is 34.8 Å². The molecule has 0 spiro atoms. The van der Waals surface area contributed by atoms with E-state index in [4.69, 9.17) is 5.41 Å². The molecule has 0 amide bonds. The van der Waals surface area contributed by atoms with Gasteiger partial charge in [-0.3, -0.25) is 5.41 Å². The van der Waals surface area contributed by atoms with Gasteiger partial charge in [-0.1, -0.05) is 31.2 Å². The van der Waals surface area contributed by atoms with Gasteiger partial charge in [0.1, 0.15) is 11.7 Å². The maximum atomic E-state index is 13.1. The van der Waals surface area contributed by atoms with Gasteiger partial charge in [0.05, 0.1) is 4.90 Å². The highest BCUT2D eigenvalue weighted by molar-refractivity contribution is 7.89. The smallest absolute Gasteiger partial charge is 0.243 e. The number of rotatable bonds is 7. The normalized spacial score (nSPS) is 17.5. The molecule has 3 aromatic rings. The molecule has 9 heteroatoms. The molecule has 2 aliphatic heterocycles. The molecule has 2 aliphatic rings. The third-order valence-corrected chi connectivity index (χ3v) is 8.86.